The molecule has 0 bridgehead atoms. The van der Waals surface area contributed by atoms with E-state index in [2.05, 4.69) is 55.1 Å². The van der Waals surface area contributed by atoms with Crippen LogP contribution in [0.5, 0.6) is 0 Å². The number of aryl methyl sites for hydroxylation is 1. The number of nitrogens with zero attached hydrogens (tertiary/aromatic N) is 1. The van der Waals surface area contributed by atoms with Gasteiger partial charge in [-0.25, -0.2) is 0 Å². The van der Waals surface area contributed by atoms with Crippen LogP contribution in [0.25, 0.3) is 0 Å². The summed E-state index contributed by atoms with van der Waals surface area (Å²) in [7, 11) is 0. The second-order valence-electron chi connectivity index (χ2n) is 8.10. The van der Waals surface area contributed by atoms with E-state index in [1.807, 2.05) is 12.1 Å². The first-order chi connectivity index (χ1) is 14.1. The van der Waals surface area contributed by atoms with Gasteiger partial charge in [0.05, 0.1) is 18.8 Å². The fourth-order valence-electron chi connectivity index (χ4n) is 4.26. The lowest BCUT2D eigenvalue weighted by molar-refractivity contribution is -0.0293. The first kappa shape index (κ1) is 22.3. The highest BCUT2D eigenvalue weighted by Gasteiger charge is 2.40. The molecule has 1 N–H and O–H groups in total. The molecule has 29 heavy (non-hydrogen) atoms. The van der Waals surface area contributed by atoms with Crippen molar-refractivity contribution in [2.24, 2.45) is 0 Å². The Balaban J connectivity index is 2.00. The van der Waals surface area contributed by atoms with Crippen LogP contribution in [0.3, 0.4) is 0 Å². The third kappa shape index (κ3) is 5.61. The van der Waals surface area contributed by atoms with Crippen LogP contribution in [0.2, 0.25) is 5.02 Å². The van der Waals surface area contributed by atoms with Gasteiger partial charge in [-0.2, -0.15) is 0 Å². The van der Waals surface area contributed by atoms with Crippen LogP contribution < -0.4 is 0 Å². The zero-order chi connectivity index (χ0) is 20.7. The number of rotatable bonds is 9. The minimum absolute atomic E-state index is 0.0307. The molecule has 1 fully saturated rings. The first-order valence-corrected chi connectivity index (χ1v) is 11.3. The van der Waals surface area contributed by atoms with E-state index in [1.165, 1.54) is 5.56 Å². The summed E-state index contributed by atoms with van der Waals surface area (Å²) in [4.78, 5) is 2.42. The molecule has 0 spiro atoms. The number of halogens is 1. The number of ether oxygens (including phenoxy) is 1. The summed E-state index contributed by atoms with van der Waals surface area (Å²) in [5.74, 6) is -0.0307. The van der Waals surface area contributed by atoms with Gasteiger partial charge in [0.25, 0.3) is 0 Å². The van der Waals surface area contributed by atoms with Crippen LogP contribution in [0.1, 0.15) is 55.7 Å². The molecular weight excluding hydrogens is 382 g/mol. The van der Waals surface area contributed by atoms with Gasteiger partial charge < -0.3 is 9.84 Å². The number of hydrogen-bond donors (Lipinski definition) is 1. The Labute approximate surface area is 180 Å². The van der Waals surface area contributed by atoms with Crippen molar-refractivity contribution in [3.05, 3.63) is 70.2 Å². The smallest absolute Gasteiger partial charge is 0.0977 e. The van der Waals surface area contributed by atoms with Gasteiger partial charge >= 0.3 is 0 Å². The van der Waals surface area contributed by atoms with Crippen LogP contribution in [-0.4, -0.2) is 42.9 Å². The maximum absolute atomic E-state index is 12.2. The summed E-state index contributed by atoms with van der Waals surface area (Å²) in [6.07, 6.45) is 3.79. The van der Waals surface area contributed by atoms with E-state index in [0.717, 1.165) is 74.7 Å². The van der Waals surface area contributed by atoms with Crippen molar-refractivity contribution in [3.8, 4) is 0 Å². The predicted molar refractivity (Wildman–Crippen MR) is 121 cm³/mol. The molecule has 0 amide bonds. The van der Waals surface area contributed by atoms with E-state index >= 15 is 0 Å². The van der Waals surface area contributed by atoms with Crippen molar-refractivity contribution in [1.29, 1.82) is 0 Å². The van der Waals surface area contributed by atoms with Crippen molar-refractivity contribution in [1.82, 2.24) is 4.90 Å². The summed E-state index contributed by atoms with van der Waals surface area (Å²) < 4.78 is 5.54. The summed E-state index contributed by atoms with van der Waals surface area (Å²) >= 11 is 6.17. The average molecular weight is 416 g/mol. The summed E-state index contributed by atoms with van der Waals surface area (Å²) in [6, 6.07) is 16.6. The fraction of sp³-hybridized carbons (Fsp3) is 0.520. The highest BCUT2D eigenvalue weighted by molar-refractivity contribution is 6.30. The zero-order valence-corrected chi connectivity index (χ0v) is 18.5. The molecule has 2 atom stereocenters. The number of aliphatic hydroxyl groups is 1. The lowest BCUT2D eigenvalue weighted by Crippen LogP contribution is -2.45. The van der Waals surface area contributed by atoms with Crippen molar-refractivity contribution < 1.29 is 9.84 Å². The van der Waals surface area contributed by atoms with Crippen molar-refractivity contribution in [2.75, 3.05) is 32.8 Å². The Kier molecular flexibility index (Phi) is 8.14. The third-order valence-corrected chi connectivity index (χ3v) is 6.42. The molecule has 0 aromatic heterocycles. The molecule has 4 heteroatoms. The number of morpholine rings is 1. The highest BCUT2D eigenvalue weighted by atomic mass is 35.5. The topological polar surface area (TPSA) is 32.7 Å². The molecule has 3 nitrogen and oxygen atoms in total. The molecule has 0 radical (unpaired) electrons. The second kappa shape index (κ2) is 10.6. The van der Waals surface area contributed by atoms with E-state index in [1.54, 1.807) is 0 Å². The predicted octanol–water partition coefficient (Wildman–Crippen LogP) is 5.40. The molecule has 1 aliphatic rings. The monoisotopic (exact) mass is 415 g/mol. The fourth-order valence-corrected chi connectivity index (χ4v) is 4.39. The van der Waals surface area contributed by atoms with Crippen molar-refractivity contribution >= 4 is 11.6 Å². The number of benzene rings is 2. The average Bonchev–Trinajstić information content (AvgIpc) is 2.77. The summed E-state index contributed by atoms with van der Waals surface area (Å²) in [6.45, 7) is 8.47. The van der Waals surface area contributed by atoms with E-state index in [-0.39, 0.29) is 5.92 Å². The van der Waals surface area contributed by atoms with Gasteiger partial charge in [0.15, 0.2) is 0 Å². The Morgan fingerprint density at radius 2 is 1.69 bits per heavy atom. The van der Waals surface area contributed by atoms with Gasteiger partial charge in [0, 0.05) is 30.6 Å². The molecule has 1 heterocycles. The number of unbranched alkanes of at least 4 members (excludes halogenated alkanes) is 1. The molecule has 1 saturated heterocycles. The molecule has 0 saturated carbocycles. The summed E-state index contributed by atoms with van der Waals surface area (Å²) in [5.41, 5.74) is 2.52. The van der Waals surface area contributed by atoms with Crippen molar-refractivity contribution in [3.63, 3.8) is 0 Å². The lowest BCUT2D eigenvalue weighted by atomic mass is 9.73. The van der Waals surface area contributed by atoms with E-state index in [9.17, 15) is 5.11 Å². The minimum atomic E-state index is -0.922. The van der Waals surface area contributed by atoms with Gasteiger partial charge in [-0.3, -0.25) is 4.90 Å². The molecule has 1 aliphatic heterocycles. The van der Waals surface area contributed by atoms with Crippen LogP contribution in [-0.2, 0) is 16.8 Å². The van der Waals surface area contributed by atoms with Gasteiger partial charge in [0.2, 0.25) is 0 Å². The molecule has 0 aliphatic carbocycles. The Bertz CT molecular complexity index is 740. The van der Waals surface area contributed by atoms with Gasteiger partial charge in [0.1, 0.15) is 0 Å². The third-order valence-electron chi connectivity index (χ3n) is 6.17. The molecule has 2 aromatic carbocycles. The zero-order valence-electron chi connectivity index (χ0n) is 17.7. The Morgan fingerprint density at radius 3 is 2.28 bits per heavy atom. The summed E-state index contributed by atoms with van der Waals surface area (Å²) in [5, 5.41) is 12.9. The normalized spacial score (nSPS) is 18.3. The van der Waals surface area contributed by atoms with E-state index in [0.29, 0.717) is 0 Å². The first-order valence-electron chi connectivity index (χ1n) is 10.9. The molecule has 158 valence electrons. The quantitative estimate of drug-likeness (QED) is 0.595. The van der Waals surface area contributed by atoms with Gasteiger partial charge in [-0.15, -0.1) is 0 Å². The van der Waals surface area contributed by atoms with Crippen molar-refractivity contribution in [2.45, 2.75) is 51.0 Å². The highest BCUT2D eigenvalue weighted by Crippen LogP contribution is 2.42. The second-order valence-corrected chi connectivity index (χ2v) is 8.53. The van der Waals surface area contributed by atoms with E-state index in [4.69, 9.17) is 16.3 Å². The molecule has 0 unspecified atom stereocenters. The lowest BCUT2D eigenvalue weighted by Gasteiger charge is -2.41. The van der Waals surface area contributed by atoms with Gasteiger partial charge in [-0.1, -0.05) is 74.7 Å². The standard InChI is InChI=1S/C25H34ClNO2/c1-3-5-14-25(28,22-10-6-20(4-2)7-11-22)24(19-27-15-17-29-18-16-27)21-8-12-23(26)13-9-21/h6-13,24,28H,3-5,14-19H2,1-2H3/t24-,25-/m0/s1. The molecule has 2 aromatic rings. The van der Waals surface area contributed by atoms with E-state index < -0.39 is 5.60 Å². The van der Waals surface area contributed by atoms with Crippen LogP contribution in [0.4, 0.5) is 0 Å². The molecule has 3 rings (SSSR count). The maximum atomic E-state index is 12.2. The largest absolute Gasteiger partial charge is 0.384 e. The van der Waals surface area contributed by atoms with Crippen LogP contribution in [0, 0.1) is 0 Å². The Morgan fingerprint density at radius 1 is 1.03 bits per heavy atom. The van der Waals surface area contributed by atoms with Crippen LogP contribution >= 0.6 is 11.6 Å². The SMILES string of the molecule is CCCC[C@](O)(c1ccc(CC)cc1)[C@@H](CN1CCOCC1)c1ccc(Cl)cc1. The molecular formula is C25H34ClNO2. The minimum Gasteiger partial charge on any atom is -0.384 e. The number of hydrogen-bond acceptors (Lipinski definition) is 3. The van der Waals surface area contributed by atoms with Gasteiger partial charge in [-0.05, 0) is 41.7 Å². The maximum Gasteiger partial charge on any atom is 0.0977 e. The van der Waals surface area contributed by atoms with Crippen LogP contribution in [0.15, 0.2) is 48.5 Å². The Hall–Kier alpha value is -1.39.